The van der Waals surface area contributed by atoms with Gasteiger partial charge in [-0.1, -0.05) is 43.0 Å². The minimum absolute atomic E-state index is 0.214. The number of allylic oxidation sites excluding steroid dienone is 1. The summed E-state index contributed by atoms with van der Waals surface area (Å²) in [5.74, 6) is 0. The van der Waals surface area contributed by atoms with E-state index in [0.29, 0.717) is 6.42 Å². The van der Waals surface area contributed by atoms with Gasteiger partial charge in [0.1, 0.15) is 6.29 Å². The van der Waals surface area contributed by atoms with Crippen molar-refractivity contribution in [2.75, 3.05) is 0 Å². The second kappa shape index (κ2) is 6.62. The van der Waals surface area contributed by atoms with E-state index in [1.165, 1.54) is 5.56 Å². The van der Waals surface area contributed by atoms with E-state index in [2.05, 4.69) is 18.5 Å². The molecule has 0 aliphatic rings. The van der Waals surface area contributed by atoms with E-state index in [1.807, 2.05) is 30.3 Å². The smallest absolute Gasteiger partial charge is 0.142 e. The summed E-state index contributed by atoms with van der Waals surface area (Å²) in [5.41, 5.74) is 2.04. The molecule has 1 unspecified atom stereocenters. The maximum Gasteiger partial charge on any atom is 0.142 e. The summed E-state index contributed by atoms with van der Waals surface area (Å²) >= 11 is 0. The van der Waals surface area contributed by atoms with Crippen molar-refractivity contribution in [1.82, 2.24) is 5.32 Å². The highest BCUT2D eigenvalue weighted by Crippen LogP contribution is 2.05. The molecule has 16 heavy (non-hydrogen) atoms. The molecular formula is C14H17NO. The number of carbonyl (C=O) groups excluding carboxylic acids is 1. The van der Waals surface area contributed by atoms with E-state index >= 15 is 0 Å². The van der Waals surface area contributed by atoms with Gasteiger partial charge in [-0.2, -0.15) is 0 Å². The van der Waals surface area contributed by atoms with Crippen LogP contribution in [-0.4, -0.2) is 12.3 Å². The highest BCUT2D eigenvalue weighted by atomic mass is 16.1. The van der Waals surface area contributed by atoms with Gasteiger partial charge in [0.15, 0.2) is 0 Å². The van der Waals surface area contributed by atoms with Gasteiger partial charge in [-0.05, 0) is 12.0 Å². The summed E-state index contributed by atoms with van der Waals surface area (Å²) in [6.45, 7) is 7.53. The van der Waals surface area contributed by atoms with E-state index < -0.39 is 0 Å². The van der Waals surface area contributed by atoms with Crippen molar-refractivity contribution in [3.8, 4) is 0 Å². The predicted octanol–water partition coefficient (Wildman–Crippen LogP) is 2.48. The topological polar surface area (TPSA) is 29.1 Å². The number of hydrogen-bond acceptors (Lipinski definition) is 2. The van der Waals surface area contributed by atoms with Crippen molar-refractivity contribution < 1.29 is 4.79 Å². The van der Waals surface area contributed by atoms with Gasteiger partial charge in [0.05, 0.1) is 6.04 Å². The molecule has 0 bridgehead atoms. The highest BCUT2D eigenvalue weighted by Gasteiger charge is 2.05. The molecule has 84 valence electrons. The fourth-order valence-corrected chi connectivity index (χ4v) is 1.48. The molecule has 1 aromatic carbocycles. The molecule has 0 heterocycles. The zero-order valence-corrected chi connectivity index (χ0v) is 9.36. The second-order valence-electron chi connectivity index (χ2n) is 3.68. The Morgan fingerprint density at radius 1 is 1.38 bits per heavy atom. The Labute approximate surface area is 96.7 Å². The van der Waals surface area contributed by atoms with Crippen LogP contribution in [0.25, 0.3) is 0 Å². The molecule has 0 aromatic heterocycles. The van der Waals surface area contributed by atoms with Crippen molar-refractivity contribution in [2.24, 2.45) is 0 Å². The molecule has 1 atom stereocenters. The van der Waals surface area contributed by atoms with E-state index in [1.54, 1.807) is 6.08 Å². The third-order valence-corrected chi connectivity index (χ3v) is 2.23. The Bertz CT molecular complexity index is 356. The number of carbonyl (C=O) groups is 1. The Hall–Kier alpha value is -1.83. The van der Waals surface area contributed by atoms with Crippen LogP contribution in [0.5, 0.6) is 0 Å². The molecule has 0 fully saturated rings. The van der Waals surface area contributed by atoms with Crippen LogP contribution in [0.15, 0.2) is 55.3 Å². The zero-order chi connectivity index (χ0) is 11.8. The van der Waals surface area contributed by atoms with Crippen LogP contribution in [0.4, 0.5) is 0 Å². The van der Waals surface area contributed by atoms with E-state index in [4.69, 9.17) is 0 Å². The average molecular weight is 215 g/mol. The second-order valence-corrected chi connectivity index (χ2v) is 3.68. The summed E-state index contributed by atoms with van der Waals surface area (Å²) < 4.78 is 0. The molecule has 1 rings (SSSR count). The fraction of sp³-hybridized carbons (Fsp3) is 0.214. The van der Waals surface area contributed by atoms with Crippen molar-refractivity contribution in [3.05, 3.63) is 60.8 Å². The fourth-order valence-electron chi connectivity index (χ4n) is 1.48. The Morgan fingerprint density at radius 3 is 2.62 bits per heavy atom. The molecule has 0 aliphatic carbocycles. The van der Waals surface area contributed by atoms with E-state index in [-0.39, 0.29) is 6.04 Å². The molecule has 0 amide bonds. The SMILES string of the molecule is C=CCC(C=O)NC(=C)Cc1ccccc1. The third kappa shape index (κ3) is 4.13. The Morgan fingerprint density at radius 2 is 2.06 bits per heavy atom. The number of benzene rings is 1. The van der Waals surface area contributed by atoms with Crippen molar-refractivity contribution >= 4 is 6.29 Å². The van der Waals surface area contributed by atoms with Gasteiger partial charge in [-0.3, -0.25) is 0 Å². The van der Waals surface area contributed by atoms with Gasteiger partial charge in [-0.15, -0.1) is 6.58 Å². The van der Waals surface area contributed by atoms with Gasteiger partial charge < -0.3 is 10.1 Å². The highest BCUT2D eigenvalue weighted by molar-refractivity contribution is 5.58. The van der Waals surface area contributed by atoms with Crippen molar-refractivity contribution in [2.45, 2.75) is 18.9 Å². The van der Waals surface area contributed by atoms with Gasteiger partial charge >= 0.3 is 0 Å². The summed E-state index contributed by atoms with van der Waals surface area (Å²) in [5, 5.41) is 3.08. The van der Waals surface area contributed by atoms with Crippen molar-refractivity contribution in [3.63, 3.8) is 0 Å². The Kier molecular flexibility index (Phi) is 5.06. The molecule has 0 radical (unpaired) electrons. The van der Waals surface area contributed by atoms with Crippen LogP contribution in [0.1, 0.15) is 12.0 Å². The van der Waals surface area contributed by atoms with Crippen molar-refractivity contribution in [1.29, 1.82) is 0 Å². The lowest BCUT2D eigenvalue weighted by Gasteiger charge is -2.14. The van der Waals surface area contributed by atoms with Crippen LogP contribution in [0.2, 0.25) is 0 Å². The van der Waals surface area contributed by atoms with Gasteiger partial charge in [0, 0.05) is 12.1 Å². The zero-order valence-electron chi connectivity index (χ0n) is 9.36. The molecule has 0 aliphatic heterocycles. The van der Waals surface area contributed by atoms with Gasteiger partial charge in [0.2, 0.25) is 0 Å². The lowest BCUT2D eigenvalue weighted by Crippen LogP contribution is -2.29. The molecule has 0 saturated heterocycles. The molecule has 0 saturated carbocycles. The third-order valence-electron chi connectivity index (χ3n) is 2.23. The van der Waals surface area contributed by atoms with Crippen LogP contribution in [-0.2, 0) is 11.2 Å². The number of aldehydes is 1. The largest absolute Gasteiger partial charge is 0.379 e. The quantitative estimate of drug-likeness (QED) is 0.559. The number of hydrogen-bond donors (Lipinski definition) is 1. The molecule has 2 heteroatoms. The average Bonchev–Trinajstić information content (AvgIpc) is 2.29. The first-order chi connectivity index (χ1) is 7.76. The number of rotatable bonds is 7. The summed E-state index contributed by atoms with van der Waals surface area (Å²) in [4.78, 5) is 10.7. The van der Waals surface area contributed by atoms with Crippen LogP contribution in [0, 0.1) is 0 Å². The minimum Gasteiger partial charge on any atom is -0.379 e. The molecule has 0 spiro atoms. The minimum atomic E-state index is -0.214. The first-order valence-corrected chi connectivity index (χ1v) is 5.30. The van der Waals surface area contributed by atoms with E-state index in [9.17, 15) is 4.79 Å². The monoisotopic (exact) mass is 215 g/mol. The van der Waals surface area contributed by atoms with Gasteiger partial charge in [-0.25, -0.2) is 0 Å². The number of nitrogens with one attached hydrogen (secondary N) is 1. The molecule has 1 N–H and O–H groups in total. The maximum absolute atomic E-state index is 10.7. The predicted molar refractivity (Wildman–Crippen MR) is 67.1 cm³/mol. The van der Waals surface area contributed by atoms with Crippen LogP contribution in [0.3, 0.4) is 0 Å². The van der Waals surface area contributed by atoms with E-state index in [0.717, 1.165) is 18.4 Å². The lowest BCUT2D eigenvalue weighted by molar-refractivity contribution is -0.109. The maximum atomic E-state index is 10.7. The lowest BCUT2D eigenvalue weighted by atomic mass is 10.1. The normalized spacial score (nSPS) is 11.5. The summed E-state index contributed by atoms with van der Waals surface area (Å²) in [6, 6.07) is 9.82. The standard InChI is InChI=1S/C14H17NO/c1-3-7-14(11-16)15-12(2)10-13-8-5-4-6-9-13/h3-6,8-9,11,14-15H,1-2,7,10H2. The molecular weight excluding hydrogens is 198 g/mol. The first-order valence-electron chi connectivity index (χ1n) is 5.30. The summed E-state index contributed by atoms with van der Waals surface area (Å²) in [6.07, 6.45) is 3.97. The van der Waals surface area contributed by atoms with Crippen LogP contribution < -0.4 is 5.32 Å². The summed E-state index contributed by atoms with van der Waals surface area (Å²) in [7, 11) is 0. The first kappa shape index (κ1) is 12.2. The molecule has 1 aromatic rings. The molecule has 2 nitrogen and oxygen atoms in total. The Balaban J connectivity index is 2.47. The van der Waals surface area contributed by atoms with Crippen LogP contribution >= 0.6 is 0 Å². The van der Waals surface area contributed by atoms with Gasteiger partial charge in [0.25, 0.3) is 0 Å².